The highest BCUT2D eigenvalue weighted by atomic mass is 32.2. The van der Waals surface area contributed by atoms with Gasteiger partial charge in [-0.1, -0.05) is 12.1 Å². The first kappa shape index (κ1) is 17.8. The zero-order valence-electron chi connectivity index (χ0n) is 13.2. The molecule has 2 aromatic rings. The minimum absolute atomic E-state index is 0.140. The van der Waals surface area contributed by atoms with Gasteiger partial charge in [-0.15, -0.1) is 0 Å². The number of sulfonamides is 1. The van der Waals surface area contributed by atoms with Gasteiger partial charge >= 0.3 is 0 Å². The Morgan fingerprint density at radius 3 is 2.38 bits per heavy atom. The molecular formula is C17H17FN2O3S. The Bertz CT molecular complexity index is 860. The van der Waals surface area contributed by atoms with Gasteiger partial charge in [0.15, 0.2) is 0 Å². The highest BCUT2D eigenvalue weighted by Crippen LogP contribution is 2.16. The van der Waals surface area contributed by atoms with E-state index in [0.717, 1.165) is 4.31 Å². The van der Waals surface area contributed by atoms with Gasteiger partial charge in [0.25, 0.3) is 0 Å². The Hall–Kier alpha value is -2.51. The maximum Gasteiger partial charge on any atom is 0.248 e. The molecule has 1 N–H and O–H groups in total. The van der Waals surface area contributed by atoms with Crippen LogP contribution in [0.2, 0.25) is 0 Å². The summed E-state index contributed by atoms with van der Waals surface area (Å²) >= 11 is 0. The third-order valence-electron chi connectivity index (χ3n) is 3.18. The van der Waals surface area contributed by atoms with Crippen LogP contribution in [0.3, 0.4) is 0 Å². The lowest BCUT2D eigenvalue weighted by Gasteiger charge is -2.11. The number of hydrogen-bond donors (Lipinski definition) is 1. The van der Waals surface area contributed by atoms with Gasteiger partial charge in [-0.05, 0) is 48.0 Å². The van der Waals surface area contributed by atoms with Crippen LogP contribution in [0.5, 0.6) is 0 Å². The third-order valence-corrected chi connectivity index (χ3v) is 5.01. The minimum Gasteiger partial charge on any atom is -0.323 e. The van der Waals surface area contributed by atoms with E-state index in [4.69, 9.17) is 0 Å². The average molecular weight is 348 g/mol. The quantitative estimate of drug-likeness (QED) is 0.845. The van der Waals surface area contributed by atoms with Gasteiger partial charge in [0, 0.05) is 25.9 Å². The molecule has 0 radical (unpaired) electrons. The number of anilines is 1. The molecule has 0 bridgehead atoms. The summed E-state index contributed by atoms with van der Waals surface area (Å²) in [5.74, 6) is -0.780. The Morgan fingerprint density at radius 2 is 1.79 bits per heavy atom. The molecule has 7 heteroatoms. The molecule has 0 fully saturated rings. The first-order valence-electron chi connectivity index (χ1n) is 7.06. The number of halogens is 1. The molecule has 5 nitrogen and oxygen atoms in total. The van der Waals surface area contributed by atoms with Crippen molar-refractivity contribution in [1.29, 1.82) is 0 Å². The Balaban J connectivity index is 2.05. The molecule has 0 spiro atoms. The van der Waals surface area contributed by atoms with Crippen LogP contribution in [-0.2, 0) is 14.8 Å². The average Bonchev–Trinajstić information content (AvgIpc) is 2.53. The summed E-state index contributed by atoms with van der Waals surface area (Å²) in [4.78, 5) is 12.0. The van der Waals surface area contributed by atoms with E-state index < -0.39 is 15.9 Å². The summed E-state index contributed by atoms with van der Waals surface area (Å²) in [6, 6.07) is 11.7. The summed E-state index contributed by atoms with van der Waals surface area (Å²) in [5, 5.41) is 2.61. The van der Waals surface area contributed by atoms with Crippen molar-refractivity contribution in [2.24, 2.45) is 0 Å². The first-order valence-corrected chi connectivity index (χ1v) is 8.50. The van der Waals surface area contributed by atoms with Crippen LogP contribution in [0, 0.1) is 5.82 Å². The van der Waals surface area contributed by atoms with Crippen molar-refractivity contribution in [3.63, 3.8) is 0 Å². The summed E-state index contributed by atoms with van der Waals surface area (Å²) in [7, 11) is -0.608. The number of carbonyl (C=O) groups is 1. The molecule has 0 saturated heterocycles. The van der Waals surface area contributed by atoms with Crippen molar-refractivity contribution in [2.75, 3.05) is 19.4 Å². The fourth-order valence-corrected chi connectivity index (χ4v) is 2.79. The molecule has 126 valence electrons. The van der Waals surface area contributed by atoms with Crippen LogP contribution >= 0.6 is 0 Å². The number of hydrogen-bond acceptors (Lipinski definition) is 3. The topological polar surface area (TPSA) is 66.5 Å². The number of benzene rings is 2. The second-order valence-corrected chi connectivity index (χ2v) is 7.34. The zero-order valence-corrected chi connectivity index (χ0v) is 14.0. The van der Waals surface area contributed by atoms with Gasteiger partial charge < -0.3 is 5.32 Å². The third kappa shape index (κ3) is 4.50. The fraction of sp³-hybridized carbons (Fsp3) is 0.118. The van der Waals surface area contributed by atoms with Crippen molar-refractivity contribution in [2.45, 2.75) is 4.90 Å². The van der Waals surface area contributed by atoms with Crippen molar-refractivity contribution in [1.82, 2.24) is 4.31 Å². The molecule has 0 aliphatic heterocycles. The van der Waals surface area contributed by atoms with Gasteiger partial charge in [0.2, 0.25) is 15.9 Å². The molecule has 2 rings (SSSR count). The molecule has 0 heterocycles. The van der Waals surface area contributed by atoms with Crippen LogP contribution in [0.4, 0.5) is 10.1 Å². The van der Waals surface area contributed by atoms with Crippen molar-refractivity contribution in [3.8, 4) is 0 Å². The van der Waals surface area contributed by atoms with Gasteiger partial charge in [0.1, 0.15) is 5.82 Å². The van der Waals surface area contributed by atoms with Gasteiger partial charge in [-0.3, -0.25) is 4.79 Å². The lowest BCUT2D eigenvalue weighted by Crippen LogP contribution is -2.22. The Kier molecular flexibility index (Phi) is 5.48. The van der Waals surface area contributed by atoms with E-state index in [-0.39, 0.29) is 10.7 Å². The van der Waals surface area contributed by atoms with E-state index >= 15 is 0 Å². The predicted molar refractivity (Wildman–Crippen MR) is 91.4 cm³/mol. The number of rotatable bonds is 5. The van der Waals surface area contributed by atoms with Crippen molar-refractivity contribution < 1.29 is 17.6 Å². The Labute approximate surface area is 140 Å². The van der Waals surface area contributed by atoms with E-state index in [0.29, 0.717) is 11.3 Å². The number of nitrogens with zero attached hydrogens (tertiary/aromatic N) is 1. The molecule has 1 amide bonds. The summed E-state index contributed by atoms with van der Waals surface area (Å²) < 4.78 is 38.1. The standard InChI is InChI=1S/C17H17FN2O3S/c1-20(2)24(22,23)16-9-7-15(8-10-16)19-17(21)11-6-13-4-3-5-14(18)12-13/h3-12H,1-2H3,(H,19,21)/b11-6+. The van der Waals surface area contributed by atoms with E-state index in [1.54, 1.807) is 12.1 Å². The minimum atomic E-state index is -3.50. The summed E-state index contributed by atoms with van der Waals surface area (Å²) in [6.07, 6.45) is 2.77. The molecule has 0 aromatic heterocycles. The van der Waals surface area contributed by atoms with Crippen LogP contribution in [0.25, 0.3) is 6.08 Å². The smallest absolute Gasteiger partial charge is 0.248 e. The van der Waals surface area contributed by atoms with E-state index in [1.165, 1.54) is 62.6 Å². The summed E-state index contributed by atoms with van der Waals surface area (Å²) in [5.41, 5.74) is 1.03. The van der Waals surface area contributed by atoms with E-state index in [1.807, 2.05) is 0 Å². The molecule has 0 atom stereocenters. The van der Waals surface area contributed by atoms with Gasteiger partial charge in [-0.2, -0.15) is 0 Å². The number of nitrogens with one attached hydrogen (secondary N) is 1. The normalized spacial score (nSPS) is 11.8. The largest absolute Gasteiger partial charge is 0.323 e. The van der Waals surface area contributed by atoms with Gasteiger partial charge in [-0.25, -0.2) is 17.1 Å². The SMILES string of the molecule is CN(C)S(=O)(=O)c1ccc(NC(=O)/C=C/c2cccc(F)c2)cc1. The van der Waals surface area contributed by atoms with E-state index in [9.17, 15) is 17.6 Å². The predicted octanol–water partition coefficient (Wildman–Crippen LogP) is 2.73. The van der Waals surface area contributed by atoms with Crippen molar-refractivity contribution in [3.05, 3.63) is 66.0 Å². The monoisotopic (exact) mass is 348 g/mol. The molecule has 0 saturated carbocycles. The zero-order chi connectivity index (χ0) is 17.7. The van der Waals surface area contributed by atoms with Crippen LogP contribution in [-0.4, -0.2) is 32.7 Å². The lowest BCUT2D eigenvalue weighted by molar-refractivity contribution is -0.111. The molecule has 0 aliphatic carbocycles. The maximum absolute atomic E-state index is 13.0. The highest BCUT2D eigenvalue weighted by molar-refractivity contribution is 7.89. The van der Waals surface area contributed by atoms with Crippen LogP contribution in [0.1, 0.15) is 5.56 Å². The maximum atomic E-state index is 13.0. The van der Waals surface area contributed by atoms with E-state index in [2.05, 4.69) is 5.32 Å². The molecule has 0 aliphatic rings. The molecule has 2 aromatic carbocycles. The fourth-order valence-electron chi connectivity index (χ4n) is 1.89. The molecule has 24 heavy (non-hydrogen) atoms. The first-order chi connectivity index (χ1) is 11.3. The van der Waals surface area contributed by atoms with Crippen LogP contribution in [0.15, 0.2) is 59.5 Å². The van der Waals surface area contributed by atoms with Gasteiger partial charge in [0.05, 0.1) is 4.90 Å². The van der Waals surface area contributed by atoms with Crippen LogP contribution < -0.4 is 5.32 Å². The summed E-state index contributed by atoms with van der Waals surface area (Å²) in [6.45, 7) is 0. The number of carbonyl (C=O) groups excluding carboxylic acids is 1. The second-order valence-electron chi connectivity index (χ2n) is 5.19. The molecule has 0 unspecified atom stereocenters. The van der Waals surface area contributed by atoms with Crippen molar-refractivity contribution >= 4 is 27.7 Å². The second kappa shape index (κ2) is 7.37. The lowest BCUT2D eigenvalue weighted by atomic mass is 10.2. The number of amides is 1. The highest BCUT2D eigenvalue weighted by Gasteiger charge is 2.16. The molecular weight excluding hydrogens is 331 g/mol. The Morgan fingerprint density at radius 1 is 1.12 bits per heavy atom.